The first kappa shape index (κ1) is 18.9. The molecule has 2 aromatic carbocycles. The van der Waals surface area contributed by atoms with E-state index in [2.05, 4.69) is 15.5 Å². The first-order chi connectivity index (χ1) is 13.4. The second-order valence-corrected chi connectivity index (χ2v) is 9.14. The monoisotopic (exact) mass is 418 g/mol. The third-order valence-corrected chi connectivity index (χ3v) is 7.18. The van der Waals surface area contributed by atoms with E-state index in [0.29, 0.717) is 36.6 Å². The van der Waals surface area contributed by atoms with Gasteiger partial charge in [0.1, 0.15) is 0 Å². The fourth-order valence-corrected chi connectivity index (χ4v) is 5.02. The minimum absolute atomic E-state index is 0.106. The number of nitrogens with zero attached hydrogens (tertiary/aromatic N) is 2. The van der Waals surface area contributed by atoms with E-state index in [1.807, 2.05) is 18.2 Å². The number of benzene rings is 2. The number of carbonyl (C=O) groups excluding carboxylic acids is 1. The fourth-order valence-electron chi connectivity index (χ4n) is 3.42. The normalized spacial score (nSPS) is 16.3. The van der Waals surface area contributed by atoms with E-state index in [4.69, 9.17) is 11.6 Å². The Morgan fingerprint density at radius 1 is 1.14 bits per heavy atom. The average molecular weight is 419 g/mol. The maximum Gasteiger partial charge on any atom is 0.243 e. The molecular weight excluding hydrogens is 400 g/mol. The van der Waals surface area contributed by atoms with Gasteiger partial charge in [-0.1, -0.05) is 23.7 Å². The van der Waals surface area contributed by atoms with Gasteiger partial charge in [0.2, 0.25) is 15.9 Å². The minimum atomic E-state index is -3.58. The van der Waals surface area contributed by atoms with Crippen LogP contribution in [0.3, 0.4) is 0 Å². The van der Waals surface area contributed by atoms with E-state index in [0.717, 1.165) is 10.9 Å². The van der Waals surface area contributed by atoms with Crippen molar-refractivity contribution in [2.24, 2.45) is 5.92 Å². The van der Waals surface area contributed by atoms with Gasteiger partial charge in [0.25, 0.3) is 0 Å². The van der Waals surface area contributed by atoms with E-state index in [1.165, 1.54) is 16.4 Å². The van der Waals surface area contributed by atoms with Crippen LogP contribution in [-0.4, -0.2) is 41.9 Å². The number of hydrogen-bond donors (Lipinski definition) is 2. The Morgan fingerprint density at radius 2 is 1.86 bits per heavy atom. The smallest absolute Gasteiger partial charge is 0.243 e. The molecule has 9 heteroatoms. The number of sulfonamides is 1. The lowest BCUT2D eigenvalue weighted by Gasteiger charge is -2.30. The van der Waals surface area contributed by atoms with Gasteiger partial charge in [-0.3, -0.25) is 9.89 Å². The van der Waals surface area contributed by atoms with Crippen molar-refractivity contribution < 1.29 is 13.2 Å². The molecular formula is C19H19ClN4O3S. The molecule has 0 unspecified atom stereocenters. The van der Waals surface area contributed by atoms with E-state index < -0.39 is 10.0 Å². The topological polar surface area (TPSA) is 95.2 Å². The number of aromatic nitrogens is 2. The van der Waals surface area contributed by atoms with Crippen molar-refractivity contribution in [3.8, 4) is 0 Å². The molecule has 1 saturated heterocycles. The maximum absolute atomic E-state index is 12.8. The van der Waals surface area contributed by atoms with Crippen molar-refractivity contribution in [2.45, 2.75) is 17.7 Å². The van der Waals surface area contributed by atoms with Crippen molar-refractivity contribution in [3.05, 3.63) is 53.7 Å². The van der Waals surface area contributed by atoms with Gasteiger partial charge in [-0.2, -0.15) is 9.40 Å². The highest BCUT2D eigenvalue weighted by Gasteiger charge is 2.32. The first-order valence-corrected chi connectivity index (χ1v) is 10.8. The van der Waals surface area contributed by atoms with Crippen LogP contribution < -0.4 is 5.32 Å². The van der Waals surface area contributed by atoms with Gasteiger partial charge in [0.15, 0.2) is 0 Å². The summed E-state index contributed by atoms with van der Waals surface area (Å²) in [5, 5.41) is 11.2. The number of fused-ring (bicyclic) bond motifs is 1. The van der Waals surface area contributed by atoms with Gasteiger partial charge in [-0.15, -0.1) is 0 Å². The molecule has 0 aliphatic carbocycles. The molecule has 1 amide bonds. The molecule has 2 heterocycles. The van der Waals surface area contributed by atoms with Crippen molar-refractivity contribution in [1.82, 2.24) is 14.5 Å². The summed E-state index contributed by atoms with van der Waals surface area (Å²) in [5.41, 5.74) is 1.45. The molecule has 0 bridgehead atoms. The maximum atomic E-state index is 12.8. The number of piperidine rings is 1. The third-order valence-electron chi connectivity index (χ3n) is 5.01. The van der Waals surface area contributed by atoms with Crippen LogP contribution in [0.25, 0.3) is 10.9 Å². The van der Waals surface area contributed by atoms with Crippen LogP contribution in [0.15, 0.2) is 53.6 Å². The SMILES string of the molecule is O=C(Nc1cccc2cn[nH]c12)C1CCN(S(=O)(=O)c2ccc(Cl)cc2)CC1. The molecule has 1 aliphatic heterocycles. The van der Waals surface area contributed by atoms with E-state index in [-0.39, 0.29) is 16.7 Å². The second-order valence-electron chi connectivity index (χ2n) is 6.76. The van der Waals surface area contributed by atoms with Crippen LogP contribution in [0.4, 0.5) is 5.69 Å². The number of anilines is 1. The number of rotatable bonds is 4. The van der Waals surface area contributed by atoms with Gasteiger partial charge in [0, 0.05) is 29.4 Å². The van der Waals surface area contributed by atoms with Crippen LogP contribution in [0.1, 0.15) is 12.8 Å². The number of H-pyrrole nitrogens is 1. The summed E-state index contributed by atoms with van der Waals surface area (Å²) in [6.45, 7) is 0.606. The zero-order valence-electron chi connectivity index (χ0n) is 14.9. The number of carbonyl (C=O) groups is 1. The quantitative estimate of drug-likeness (QED) is 0.679. The van der Waals surface area contributed by atoms with E-state index in [1.54, 1.807) is 18.3 Å². The Balaban J connectivity index is 1.41. The van der Waals surface area contributed by atoms with Gasteiger partial charge in [-0.25, -0.2) is 8.42 Å². The predicted molar refractivity (Wildman–Crippen MR) is 108 cm³/mol. The number of para-hydroxylation sites is 1. The second kappa shape index (κ2) is 7.54. The molecule has 0 atom stereocenters. The predicted octanol–water partition coefficient (Wildman–Crippen LogP) is 3.26. The number of aromatic amines is 1. The Labute approximate surface area is 167 Å². The zero-order valence-corrected chi connectivity index (χ0v) is 16.5. The van der Waals surface area contributed by atoms with Crippen LogP contribution in [0.2, 0.25) is 5.02 Å². The lowest BCUT2D eigenvalue weighted by atomic mass is 9.97. The number of nitrogens with one attached hydrogen (secondary N) is 2. The number of hydrogen-bond acceptors (Lipinski definition) is 4. The number of amides is 1. The summed E-state index contributed by atoms with van der Waals surface area (Å²) in [5.74, 6) is -0.347. The van der Waals surface area contributed by atoms with Crippen LogP contribution in [0, 0.1) is 5.92 Å². The van der Waals surface area contributed by atoms with Gasteiger partial charge in [0.05, 0.1) is 22.3 Å². The molecule has 1 aromatic heterocycles. The first-order valence-electron chi connectivity index (χ1n) is 8.94. The molecule has 0 radical (unpaired) electrons. The molecule has 2 N–H and O–H groups in total. The van der Waals surface area contributed by atoms with E-state index in [9.17, 15) is 13.2 Å². The van der Waals surface area contributed by atoms with Crippen molar-refractivity contribution in [1.29, 1.82) is 0 Å². The summed E-state index contributed by atoms with van der Waals surface area (Å²) >= 11 is 5.84. The molecule has 3 aromatic rings. The molecule has 28 heavy (non-hydrogen) atoms. The fraction of sp³-hybridized carbons (Fsp3) is 0.263. The summed E-state index contributed by atoms with van der Waals surface area (Å²) < 4.78 is 26.9. The Morgan fingerprint density at radius 3 is 2.57 bits per heavy atom. The van der Waals surface area contributed by atoms with Gasteiger partial charge in [-0.05, 0) is 43.2 Å². The summed E-state index contributed by atoms with van der Waals surface area (Å²) in [6, 6.07) is 11.7. The molecule has 7 nitrogen and oxygen atoms in total. The van der Waals surface area contributed by atoms with Crippen LogP contribution in [0.5, 0.6) is 0 Å². The van der Waals surface area contributed by atoms with E-state index >= 15 is 0 Å². The Hall–Kier alpha value is -2.42. The largest absolute Gasteiger partial charge is 0.324 e. The molecule has 1 fully saturated rings. The highest BCUT2D eigenvalue weighted by atomic mass is 35.5. The number of halogens is 1. The molecule has 146 valence electrons. The van der Waals surface area contributed by atoms with Crippen molar-refractivity contribution in [2.75, 3.05) is 18.4 Å². The van der Waals surface area contributed by atoms with Gasteiger partial charge >= 0.3 is 0 Å². The van der Waals surface area contributed by atoms with Crippen LogP contribution in [-0.2, 0) is 14.8 Å². The minimum Gasteiger partial charge on any atom is -0.324 e. The Bertz CT molecular complexity index is 1100. The molecule has 1 aliphatic rings. The third kappa shape index (κ3) is 3.63. The molecule has 4 rings (SSSR count). The summed E-state index contributed by atoms with van der Waals surface area (Å²) in [7, 11) is -3.58. The lowest BCUT2D eigenvalue weighted by molar-refractivity contribution is -0.120. The highest BCUT2D eigenvalue weighted by Crippen LogP contribution is 2.27. The van der Waals surface area contributed by atoms with Crippen LogP contribution >= 0.6 is 11.6 Å². The van der Waals surface area contributed by atoms with Gasteiger partial charge < -0.3 is 5.32 Å². The molecule has 0 spiro atoms. The zero-order chi connectivity index (χ0) is 19.7. The summed E-state index contributed by atoms with van der Waals surface area (Å²) in [6.07, 6.45) is 2.64. The van der Waals surface area contributed by atoms with Crippen molar-refractivity contribution in [3.63, 3.8) is 0 Å². The summed E-state index contributed by atoms with van der Waals surface area (Å²) in [4.78, 5) is 12.9. The average Bonchev–Trinajstić information content (AvgIpc) is 3.18. The molecule has 0 saturated carbocycles. The Kier molecular flexibility index (Phi) is 5.09. The highest BCUT2D eigenvalue weighted by molar-refractivity contribution is 7.89. The van der Waals surface area contributed by atoms with Crippen molar-refractivity contribution >= 4 is 44.1 Å². The standard InChI is InChI=1S/C19H19ClN4O3S/c20-15-4-6-16(7-5-15)28(26,27)24-10-8-13(9-11-24)19(25)22-17-3-1-2-14-12-21-23-18(14)17/h1-7,12-13H,8-11H2,(H,21,23)(H,22,25). The lowest BCUT2D eigenvalue weighted by Crippen LogP contribution is -2.41.